The first-order chi connectivity index (χ1) is 6.65. The predicted octanol–water partition coefficient (Wildman–Crippen LogP) is 0.600. The van der Waals surface area contributed by atoms with E-state index in [2.05, 4.69) is 30.2 Å². The minimum Gasteiger partial charge on any atom is -0.320 e. The molecule has 0 atom stereocenters. The number of imidazole rings is 1. The summed E-state index contributed by atoms with van der Waals surface area (Å²) < 4.78 is 3.97. The van der Waals surface area contributed by atoms with Crippen molar-refractivity contribution in [1.82, 2.24) is 9.13 Å². The Hall–Kier alpha value is -1.71. The van der Waals surface area contributed by atoms with Crippen LogP contribution in [-0.4, -0.2) is 9.13 Å². The first-order valence-electron chi connectivity index (χ1n) is 4.51. The van der Waals surface area contributed by atoms with Gasteiger partial charge in [0.15, 0.2) is 0 Å². The molecule has 1 aromatic heterocycles. The lowest BCUT2D eigenvalue weighted by Gasteiger charge is -1.95. The van der Waals surface area contributed by atoms with Crippen LogP contribution in [0, 0.1) is 6.92 Å². The summed E-state index contributed by atoms with van der Waals surface area (Å²) in [6.45, 7) is 2.08. The Labute approximate surface area is 82.3 Å². The SMILES string of the molecule is Cc1ccc2c(c1)n(C)c(=NN)n2C. The van der Waals surface area contributed by atoms with Gasteiger partial charge in [0.25, 0.3) is 0 Å². The van der Waals surface area contributed by atoms with Crippen molar-refractivity contribution in [2.24, 2.45) is 25.0 Å². The summed E-state index contributed by atoms with van der Waals surface area (Å²) in [5, 5.41) is 3.76. The quantitative estimate of drug-likeness (QED) is 0.480. The number of aryl methyl sites for hydroxylation is 3. The molecule has 0 saturated heterocycles. The first kappa shape index (κ1) is 8.87. The monoisotopic (exact) mass is 190 g/mol. The van der Waals surface area contributed by atoms with Crippen molar-refractivity contribution in [2.75, 3.05) is 0 Å². The van der Waals surface area contributed by atoms with E-state index in [0.717, 1.165) is 16.7 Å². The Morgan fingerprint density at radius 3 is 2.43 bits per heavy atom. The van der Waals surface area contributed by atoms with Crippen LogP contribution in [-0.2, 0) is 14.1 Å². The summed E-state index contributed by atoms with van der Waals surface area (Å²) in [4.78, 5) is 0. The van der Waals surface area contributed by atoms with Crippen molar-refractivity contribution in [1.29, 1.82) is 0 Å². The van der Waals surface area contributed by atoms with Crippen LogP contribution in [0.3, 0.4) is 0 Å². The summed E-state index contributed by atoms with van der Waals surface area (Å²) in [6, 6.07) is 6.30. The third kappa shape index (κ3) is 1.04. The molecule has 0 unspecified atom stereocenters. The Bertz CT molecular complexity index is 545. The first-order valence-corrected chi connectivity index (χ1v) is 4.51. The highest BCUT2D eigenvalue weighted by Crippen LogP contribution is 2.12. The number of aromatic nitrogens is 2. The molecule has 4 nitrogen and oxygen atoms in total. The van der Waals surface area contributed by atoms with Crippen molar-refractivity contribution in [3.8, 4) is 0 Å². The molecule has 2 rings (SSSR count). The number of fused-ring (bicyclic) bond motifs is 1. The predicted molar refractivity (Wildman–Crippen MR) is 56.4 cm³/mol. The highest BCUT2D eigenvalue weighted by molar-refractivity contribution is 5.76. The molecule has 2 N–H and O–H groups in total. The molecule has 2 aromatic rings. The topological polar surface area (TPSA) is 48.2 Å². The van der Waals surface area contributed by atoms with E-state index < -0.39 is 0 Å². The number of nitrogens with zero attached hydrogens (tertiary/aromatic N) is 3. The lowest BCUT2D eigenvalue weighted by Crippen LogP contribution is -2.23. The Kier molecular flexibility index (Phi) is 1.84. The van der Waals surface area contributed by atoms with Gasteiger partial charge in [-0.25, -0.2) is 0 Å². The minimum atomic E-state index is 0.769. The molecule has 14 heavy (non-hydrogen) atoms. The molecule has 0 amide bonds. The fourth-order valence-electron chi connectivity index (χ4n) is 1.80. The van der Waals surface area contributed by atoms with Gasteiger partial charge in [0.05, 0.1) is 11.0 Å². The largest absolute Gasteiger partial charge is 0.320 e. The molecule has 0 saturated carbocycles. The van der Waals surface area contributed by atoms with Crippen molar-refractivity contribution in [3.63, 3.8) is 0 Å². The second kappa shape index (κ2) is 2.90. The lowest BCUT2D eigenvalue weighted by atomic mass is 10.2. The third-order valence-corrected chi connectivity index (χ3v) is 2.57. The van der Waals surface area contributed by atoms with Crippen LogP contribution in [0.25, 0.3) is 11.0 Å². The van der Waals surface area contributed by atoms with Gasteiger partial charge in [-0.15, -0.1) is 5.10 Å². The summed E-state index contributed by atoms with van der Waals surface area (Å²) >= 11 is 0. The van der Waals surface area contributed by atoms with Crippen LogP contribution in [0.4, 0.5) is 0 Å². The molecule has 0 spiro atoms. The standard InChI is InChI=1S/C10H14N4/c1-7-4-5-8-9(6-7)14(3)10(12-11)13(8)2/h4-6H,11H2,1-3H3. The Balaban J connectivity index is 3.02. The zero-order chi connectivity index (χ0) is 10.3. The van der Waals surface area contributed by atoms with Gasteiger partial charge in [-0.1, -0.05) is 6.07 Å². The average Bonchev–Trinajstić information content (AvgIpc) is 2.39. The summed E-state index contributed by atoms with van der Waals surface area (Å²) in [6.07, 6.45) is 0. The average molecular weight is 190 g/mol. The van der Waals surface area contributed by atoms with E-state index in [4.69, 9.17) is 5.84 Å². The summed E-state index contributed by atoms with van der Waals surface area (Å²) in [5.74, 6) is 5.34. The summed E-state index contributed by atoms with van der Waals surface area (Å²) in [5.41, 5.74) is 4.30. The third-order valence-electron chi connectivity index (χ3n) is 2.57. The lowest BCUT2D eigenvalue weighted by molar-refractivity contribution is 0.743. The van der Waals surface area contributed by atoms with Gasteiger partial charge in [0.1, 0.15) is 0 Å². The molecule has 0 aliphatic heterocycles. The molecule has 0 radical (unpaired) electrons. The van der Waals surface area contributed by atoms with Crippen LogP contribution < -0.4 is 11.5 Å². The van der Waals surface area contributed by atoms with E-state index in [-0.39, 0.29) is 0 Å². The maximum atomic E-state index is 5.34. The number of benzene rings is 1. The maximum absolute atomic E-state index is 5.34. The molecular weight excluding hydrogens is 176 g/mol. The maximum Gasteiger partial charge on any atom is 0.227 e. The molecular formula is C10H14N4. The zero-order valence-electron chi connectivity index (χ0n) is 8.65. The van der Waals surface area contributed by atoms with E-state index >= 15 is 0 Å². The fourth-order valence-corrected chi connectivity index (χ4v) is 1.80. The molecule has 1 aromatic carbocycles. The molecule has 0 aliphatic rings. The van der Waals surface area contributed by atoms with Crippen molar-refractivity contribution in [3.05, 3.63) is 29.4 Å². The van der Waals surface area contributed by atoms with E-state index in [1.165, 1.54) is 5.56 Å². The van der Waals surface area contributed by atoms with E-state index in [9.17, 15) is 0 Å². The van der Waals surface area contributed by atoms with Gasteiger partial charge in [-0.05, 0) is 24.6 Å². The van der Waals surface area contributed by atoms with E-state index in [0.29, 0.717) is 0 Å². The van der Waals surface area contributed by atoms with Gasteiger partial charge >= 0.3 is 0 Å². The highest BCUT2D eigenvalue weighted by Gasteiger charge is 2.05. The minimum absolute atomic E-state index is 0.769. The van der Waals surface area contributed by atoms with Gasteiger partial charge < -0.3 is 15.0 Å². The number of rotatable bonds is 0. The van der Waals surface area contributed by atoms with Crippen molar-refractivity contribution in [2.45, 2.75) is 6.92 Å². The van der Waals surface area contributed by atoms with Gasteiger partial charge in [-0.3, -0.25) is 0 Å². The van der Waals surface area contributed by atoms with Crippen molar-refractivity contribution < 1.29 is 0 Å². The smallest absolute Gasteiger partial charge is 0.227 e. The highest BCUT2D eigenvalue weighted by atomic mass is 15.3. The van der Waals surface area contributed by atoms with Gasteiger partial charge in [-0.2, -0.15) is 0 Å². The Morgan fingerprint density at radius 1 is 1.14 bits per heavy atom. The fraction of sp³-hybridized carbons (Fsp3) is 0.300. The summed E-state index contributed by atoms with van der Waals surface area (Å²) in [7, 11) is 3.93. The second-order valence-corrected chi connectivity index (χ2v) is 3.54. The number of nitrogens with two attached hydrogens (primary N) is 1. The van der Waals surface area contributed by atoms with E-state index in [1.807, 2.05) is 23.2 Å². The van der Waals surface area contributed by atoms with Crippen LogP contribution in [0.15, 0.2) is 23.3 Å². The van der Waals surface area contributed by atoms with E-state index in [1.54, 1.807) is 0 Å². The molecule has 0 bridgehead atoms. The second-order valence-electron chi connectivity index (χ2n) is 3.54. The Morgan fingerprint density at radius 2 is 1.79 bits per heavy atom. The van der Waals surface area contributed by atoms with Gasteiger partial charge in [0.2, 0.25) is 5.62 Å². The number of hydrogen-bond donors (Lipinski definition) is 1. The van der Waals surface area contributed by atoms with Gasteiger partial charge in [0, 0.05) is 14.1 Å². The zero-order valence-corrected chi connectivity index (χ0v) is 8.65. The normalized spacial score (nSPS) is 12.6. The molecule has 0 fully saturated rings. The van der Waals surface area contributed by atoms with Crippen LogP contribution >= 0.6 is 0 Å². The number of hydrogen-bond acceptors (Lipinski definition) is 2. The molecule has 74 valence electrons. The molecule has 4 heteroatoms. The van der Waals surface area contributed by atoms with Crippen LogP contribution in [0.1, 0.15) is 5.56 Å². The van der Waals surface area contributed by atoms with Crippen molar-refractivity contribution >= 4 is 11.0 Å². The van der Waals surface area contributed by atoms with Crippen LogP contribution in [0.5, 0.6) is 0 Å². The molecule has 1 heterocycles. The molecule has 0 aliphatic carbocycles. The van der Waals surface area contributed by atoms with Crippen LogP contribution in [0.2, 0.25) is 0 Å².